The van der Waals surface area contributed by atoms with Crippen molar-refractivity contribution in [2.45, 2.75) is 18.9 Å². The Morgan fingerprint density at radius 1 is 1.43 bits per heavy atom. The van der Waals surface area contributed by atoms with Crippen LogP contribution in [0.1, 0.15) is 23.2 Å². The summed E-state index contributed by atoms with van der Waals surface area (Å²) in [7, 11) is 0. The first-order valence-corrected chi connectivity index (χ1v) is 6.68. The van der Waals surface area contributed by atoms with Gasteiger partial charge in [0.05, 0.1) is 5.69 Å². The van der Waals surface area contributed by atoms with Crippen molar-refractivity contribution >= 4 is 18.3 Å². The number of rotatable bonds is 3. The zero-order valence-electron chi connectivity index (χ0n) is 11.4. The lowest BCUT2D eigenvalue weighted by atomic mass is 10.1. The van der Waals surface area contributed by atoms with E-state index in [-0.39, 0.29) is 24.4 Å². The standard InChI is InChI=1S/C13H16N6O.ClH/c20-13(16-11-4-2-6-14-8-11)10-3-1-5-12(7-10)19-9-15-17-18-19;/h1,3,5,7,9,11,14H,2,4,6,8H2,(H,16,20);1H/t11-;/m0./s1. The lowest BCUT2D eigenvalue weighted by Gasteiger charge is -2.23. The highest BCUT2D eigenvalue weighted by molar-refractivity contribution is 5.94. The molecule has 2 N–H and O–H groups in total. The molecule has 112 valence electrons. The van der Waals surface area contributed by atoms with Crippen molar-refractivity contribution in [3.05, 3.63) is 36.2 Å². The molecule has 7 nitrogen and oxygen atoms in total. The van der Waals surface area contributed by atoms with Crippen LogP contribution in [0.2, 0.25) is 0 Å². The number of hydrogen-bond donors (Lipinski definition) is 2. The van der Waals surface area contributed by atoms with E-state index in [1.165, 1.54) is 11.0 Å². The number of nitrogens with one attached hydrogen (secondary N) is 2. The van der Waals surface area contributed by atoms with Gasteiger partial charge in [-0.25, -0.2) is 4.68 Å². The molecule has 1 aromatic carbocycles. The van der Waals surface area contributed by atoms with Gasteiger partial charge in [0.25, 0.3) is 5.91 Å². The molecular weight excluding hydrogens is 292 g/mol. The highest BCUT2D eigenvalue weighted by Crippen LogP contribution is 2.10. The Kier molecular flexibility index (Phi) is 5.24. The predicted octanol–water partition coefficient (Wildman–Crippen LogP) is 0.566. The number of carbonyl (C=O) groups is 1. The molecule has 1 aliphatic heterocycles. The van der Waals surface area contributed by atoms with E-state index < -0.39 is 0 Å². The van der Waals surface area contributed by atoms with Crippen molar-refractivity contribution in [1.82, 2.24) is 30.8 Å². The van der Waals surface area contributed by atoms with Crippen LogP contribution in [0.25, 0.3) is 5.69 Å². The van der Waals surface area contributed by atoms with E-state index in [0.717, 1.165) is 31.6 Å². The number of halogens is 1. The molecule has 2 heterocycles. The molecule has 0 unspecified atom stereocenters. The number of aromatic nitrogens is 4. The molecule has 8 heteroatoms. The first-order valence-electron chi connectivity index (χ1n) is 6.68. The third-order valence-electron chi connectivity index (χ3n) is 3.35. The average molecular weight is 309 g/mol. The van der Waals surface area contributed by atoms with Gasteiger partial charge in [-0.2, -0.15) is 0 Å². The minimum absolute atomic E-state index is 0. The van der Waals surface area contributed by atoms with Crippen LogP contribution in [0.5, 0.6) is 0 Å². The molecule has 1 aromatic heterocycles. The zero-order chi connectivity index (χ0) is 13.8. The van der Waals surface area contributed by atoms with Crippen LogP contribution in [0.15, 0.2) is 30.6 Å². The fourth-order valence-corrected chi connectivity index (χ4v) is 2.31. The highest BCUT2D eigenvalue weighted by atomic mass is 35.5. The Morgan fingerprint density at radius 3 is 3.05 bits per heavy atom. The van der Waals surface area contributed by atoms with Gasteiger partial charge in [-0.15, -0.1) is 17.5 Å². The Morgan fingerprint density at radius 2 is 2.33 bits per heavy atom. The maximum atomic E-state index is 12.2. The second-order valence-electron chi connectivity index (χ2n) is 4.82. The fraction of sp³-hybridized carbons (Fsp3) is 0.385. The first-order chi connectivity index (χ1) is 9.83. The average Bonchev–Trinajstić information content (AvgIpc) is 3.03. The number of piperidine rings is 1. The third-order valence-corrected chi connectivity index (χ3v) is 3.35. The maximum absolute atomic E-state index is 12.2. The van der Waals surface area contributed by atoms with Gasteiger partial charge in [-0.3, -0.25) is 4.79 Å². The van der Waals surface area contributed by atoms with Crippen LogP contribution >= 0.6 is 12.4 Å². The molecule has 1 fully saturated rings. The van der Waals surface area contributed by atoms with Crippen molar-refractivity contribution in [2.24, 2.45) is 0 Å². The van der Waals surface area contributed by atoms with Crippen molar-refractivity contribution in [3.63, 3.8) is 0 Å². The monoisotopic (exact) mass is 308 g/mol. The Bertz CT molecular complexity index is 582. The van der Waals surface area contributed by atoms with Crippen molar-refractivity contribution in [1.29, 1.82) is 0 Å². The van der Waals surface area contributed by atoms with Crippen LogP contribution in [0.4, 0.5) is 0 Å². The topological polar surface area (TPSA) is 84.7 Å². The highest BCUT2D eigenvalue weighted by Gasteiger charge is 2.16. The SMILES string of the molecule is Cl.O=C(N[C@H]1CCCNC1)c1cccc(-n2cnnn2)c1. The predicted molar refractivity (Wildman–Crippen MR) is 79.8 cm³/mol. The van der Waals surface area contributed by atoms with E-state index in [0.29, 0.717) is 5.56 Å². The van der Waals surface area contributed by atoms with Crippen LogP contribution in [-0.2, 0) is 0 Å². The van der Waals surface area contributed by atoms with Crippen molar-refractivity contribution in [2.75, 3.05) is 13.1 Å². The molecule has 1 aliphatic rings. The summed E-state index contributed by atoms with van der Waals surface area (Å²) >= 11 is 0. The van der Waals surface area contributed by atoms with Crippen LogP contribution < -0.4 is 10.6 Å². The van der Waals surface area contributed by atoms with Gasteiger partial charge >= 0.3 is 0 Å². The molecule has 0 radical (unpaired) electrons. The van der Waals surface area contributed by atoms with Crippen LogP contribution in [0, 0.1) is 0 Å². The largest absolute Gasteiger partial charge is 0.348 e. The van der Waals surface area contributed by atoms with E-state index in [1.807, 2.05) is 12.1 Å². The molecule has 1 atom stereocenters. The van der Waals surface area contributed by atoms with E-state index in [1.54, 1.807) is 12.1 Å². The number of benzene rings is 1. The maximum Gasteiger partial charge on any atom is 0.251 e. The van der Waals surface area contributed by atoms with E-state index in [9.17, 15) is 4.79 Å². The van der Waals surface area contributed by atoms with Crippen LogP contribution in [-0.4, -0.2) is 45.2 Å². The summed E-state index contributed by atoms with van der Waals surface area (Å²) in [5, 5.41) is 17.3. The molecule has 1 saturated heterocycles. The molecule has 0 aliphatic carbocycles. The van der Waals surface area contributed by atoms with Crippen molar-refractivity contribution < 1.29 is 4.79 Å². The zero-order valence-corrected chi connectivity index (χ0v) is 12.2. The molecule has 3 rings (SSSR count). The number of tetrazole rings is 1. The van der Waals surface area contributed by atoms with Gasteiger partial charge in [-0.1, -0.05) is 6.07 Å². The molecule has 0 saturated carbocycles. The van der Waals surface area contributed by atoms with Gasteiger partial charge in [0, 0.05) is 18.2 Å². The fourth-order valence-electron chi connectivity index (χ4n) is 2.31. The Labute approximate surface area is 128 Å². The second-order valence-corrected chi connectivity index (χ2v) is 4.82. The van der Waals surface area contributed by atoms with Gasteiger partial charge in [-0.05, 0) is 48.0 Å². The van der Waals surface area contributed by atoms with Gasteiger partial charge in [0.2, 0.25) is 0 Å². The Hall–Kier alpha value is -1.99. The van der Waals surface area contributed by atoms with Gasteiger partial charge in [0.15, 0.2) is 0 Å². The second kappa shape index (κ2) is 7.14. The number of carbonyl (C=O) groups excluding carboxylic acids is 1. The third kappa shape index (κ3) is 3.77. The number of amides is 1. The summed E-state index contributed by atoms with van der Waals surface area (Å²) in [5.74, 6) is -0.0615. The van der Waals surface area contributed by atoms with E-state index in [2.05, 4.69) is 26.2 Å². The molecule has 1 amide bonds. The normalized spacial score (nSPS) is 17.8. The first kappa shape index (κ1) is 15.4. The molecule has 21 heavy (non-hydrogen) atoms. The minimum atomic E-state index is -0.0615. The van der Waals surface area contributed by atoms with Crippen LogP contribution in [0.3, 0.4) is 0 Å². The smallest absolute Gasteiger partial charge is 0.251 e. The quantitative estimate of drug-likeness (QED) is 0.866. The summed E-state index contributed by atoms with van der Waals surface area (Å²) in [5.41, 5.74) is 1.38. The van der Waals surface area contributed by atoms with E-state index in [4.69, 9.17) is 0 Å². The number of nitrogens with zero attached hydrogens (tertiary/aromatic N) is 4. The molecule has 2 aromatic rings. The van der Waals surface area contributed by atoms with Crippen molar-refractivity contribution in [3.8, 4) is 5.69 Å². The summed E-state index contributed by atoms with van der Waals surface area (Å²) in [6, 6.07) is 7.45. The van der Waals surface area contributed by atoms with Gasteiger partial charge < -0.3 is 10.6 Å². The summed E-state index contributed by atoms with van der Waals surface area (Å²) < 4.78 is 1.53. The molecule has 0 bridgehead atoms. The lowest BCUT2D eigenvalue weighted by molar-refractivity contribution is 0.0930. The minimum Gasteiger partial charge on any atom is -0.348 e. The summed E-state index contributed by atoms with van der Waals surface area (Å²) in [4.78, 5) is 12.2. The molecular formula is C13H17ClN6O. The summed E-state index contributed by atoms with van der Waals surface area (Å²) in [6.07, 6.45) is 3.61. The number of hydrogen-bond acceptors (Lipinski definition) is 5. The Balaban J connectivity index is 0.00000161. The molecule has 0 spiro atoms. The summed E-state index contributed by atoms with van der Waals surface area (Å²) in [6.45, 7) is 1.86. The van der Waals surface area contributed by atoms with Gasteiger partial charge in [0.1, 0.15) is 6.33 Å². The lowest BCUT2D eigenvalue weighted by Crippen LogP contribution is -2.45. The van der Waals surface area contributed by atoms with E-state index >= 15 is 0 Å².